The molecular weight excluding hydrogens is 216 g/mol. The molecule has 1 saturated heterocycles. The van der Waals surface area contributed by atoms with Crippen molar-refractivity contribution in [2.75, 3.05) is 20.1 Å². The van der Waals surface area contributed by atoms with E-state index in [0.29, 0.717) is 12.5 Å². The number of aryl methyl sites for hydroxylation is 1. The van der Waals surface area contributed by atoms with Crippen LogP contribution >= 0.6 is 0 Å². The Labute approximate surface area is 102 Å². The van der Waals surface area contributed by atoms with Crippen molar-refractivity contribution in [3.05, 3.63) is 23.7 Å². The lowest BCUT2D eigenvalue weighted by molar-refractivity contribution is -0.135. The predicted octanol–water partition coefficient (Wildman–Crippen LogP) is 1.40. The molecule has 2 atom stereocenters. The molecular formula is C13H20N2O2. The molecule has 94 valence electrons. The highest BCUT2D eigenvalue weighted by atomic mass is 16.3. The van der Waals surface area contributed by atoms with Gasteiger partial charge in [-0.3, -0.25) is 4.79 Å². The van der Waals surface area contributed by atoms with Gasteiger partial charge in [0.2, 0.25) is 5.91 Å². The van der Waals surface area contributed by atoms with E-state index in [0.717, 1.165) is 24.4 Å². The van der Waals surface area contributed by atoms with Crippen LogP contribution < -0.4 is 5.32 Å². The molecule has 1 N–H and O–H groups in total. The summed E-state index contributed by atoms with van der Waals surface area (Å²) >= 11 is 0. The molecule has 0 spiro atoms. The second kappa shape index (κ2) is 4.92. The Balaban J connectivity index is 1.98. The van der Waals surface area contributed by atoms with Gasteiger partial charge >= 0.3 is 0 Å². The van der Waals surface area contributed by atoms with Crippen LogP contribution in [0, 0.1) is 18.8 Å². The van der Waals surface area contributed by atoms with Gasteiger partial charge in [0.15, 0.2) is 0 Å². The van der Waals surface area contributed by atoms with Crippen molar-refractivity contribution in [1.29, 1.82) is 0 Å². The molecule has 1 aromatic heterocycles. The Hall–Kier alpha value is -1.29. The topological polar surface area (TPSA) is 45.5 Å². The average molecular weight is 236 g/mol. The minimum atomic E-state index is 0.118. The maximum absolute atomic E-state index is 12.2. The first-order chi connectivity index (χ1) is 8.09. The molecule has 4 nitrogen and oxygen atoms in total. The molecule has 1 aliphatic rings. The van der Waals surface area contributed by atoms with Crippen LogP contribution in [0.1, 0.15) is 18.2 Å². The van der Waals surface area contributed by atoms with E-state index in [4.69, 9.17) is 4.42 Å². The van der Waals surface area contributed by atoms with Gasteiger partial charge < -0.3 is 14.6 Å². The maximum atomic E-state index is 12.2. The zero-order valence-electron chi connectivity index (χ0n) is 10.7. The minimum Gasteiger partial charge on any atom is -0.469 e. The number of amides is 1. The fourth-order valence-electron chi connectivity index (χ4n) is 2.33. The summed E-state index contributed by atoms with van der Waals surface area (Å²) in [6, 6.07) is 1.93. The number of hydrogen-bond donors (Lipinski definition) is 1. The van der Waals surface area contributed by atoms with Crippen molar-refractivity contribution >= 4 is 5.91 Å². The summed E-state index contributed by atoms with van der Waals surface area (Å²) in [5.41, 5.74) is 1.08. The molecule has 0 bridgehead atoms. The van der Waals surface area contributed by atoms with Crippen LogP contribution in [-0.2, 0) is 11.3 Å². The van der Waals surface area contributed by atoms with Gasteiger partial charge in [0, 0.05) is 25.7 Å². The van der Waals surface area contributed by atoms with Crippen molar-refractivity contribution < 1.29 is 9.21 Å². The van der Waals surface area contributed by atoms with Crippen molar-refractivity contribution in [3.8, 4) is 0 Å². The summed E-state index contributed by atoms with van der Waals surface area (Å²) in [5.74, 6) is 1.66. The Bertz CT molecular complexity index is 400. The molecule has 1 fully saturated rings. The van der Waals surface area contributed by atoms with E-state index in [-0.39, 0.29) is 11.8 Å². The molecule has 0 aliphatic carbocycles. The van der Waals surface area contributed by atoms with Crippen molar-refractivity contribution in [2.45, 2.75) is 20.4 Å². The largest absolute Gasteiger partial charge is 0.469 e. The third-order valence-corrected chi connectivity index (χ3v) is 3.58. The van der Waals surface area contributed by atoms with E-state index in [1.54, 1.807) is 11.2 Å². The van der Waals surface area contributed by atoms with Gasteiger partial charge in [0.1, 0.15) is 5.76 Å². The van der Waals surface area contributed by atoms with Crippen LogP contribution in [0.3, 0.4) is 0 Å². The minimum absolute atomic E-state index is 0.118. The number of carbonyl (C=O) groups excluding carboxylic acids is 1. The van der Waals surface area contributed by atoms with Crippen molar-refractivity contribution in [3.63, 3.8) is 0 Å². The first kappa shape index (κ1) is 12.2. The smallest absolute Gasteiger partial charge is 0.227 e. The van der Waals surface area contributed by atoms with E-state index < -0.39 is 0 Å². The summed E-state index contributed by atoms with van der Waals surface area (Å²) in [7, 11) is 1.86. The van der Waals surface area contributed by atoms with Crippen LogP contribution in [0.15, 0.2) is 16.7 Å². The van der Waals surface area contributed by atoms with E-state index in [9.17, 15) is 4.79 Å². The standard InChI is InChI=1S/C13H20N2O2/c1-9-6-14-7-12(9)13(16)15(3)8-11-4-5-17-10(11)2/h4-5,9,12,14H,6-8H2,1-3H3/t9-,12-/m1/s1. The molecule has 17 heavy (non-hydrogen) atoms. The molecule has 1 aromatic rings. The van der Waals surface area contributed by atoms with Gasteiger partial charge in [-0.2, -0.15) is 0 Å². The number of nitrogens with zero attached hydrogens (tertiary/aromatic N) is 1. The average Bonchev–Trinajstić information content (AvgIpc) is 2.88. The zero-order chi connectivity index (χ0) is 12.4. The van der Waals surface area contributed by atoms with Gasteiger partial charge in [-0.1, -0.05) is 6.92 Å². The Morgan fingerprint density at radius 2 is 2.35 bits per heavy atom. The highest BCUT2D eigenvalue weighted by Gasteiger charge is 2.31. The second-order valence-corrected chi connectivity index (χ2v) is 4.94. The SMILES string of the molecule is Cc1occc1CN(C)C(=O)[C@@H]1CNC[C@H]1C. The number of carbonyl (C=O) groups is 1. The normalized spacial score (nSPS) is 23.9. The highest BCUT2D eigenvalue weighted by Crippen LogP contribution is 2.20. The first-order valence-electron chi connectivity index (χ1n) is 6.08. The monoisotopic (exact) mass is 236 g/mol. The number of nitrogens with one attached hydrogen (secondary N) is 1. The predicted molar refractivity (Wildman–Crippen MR) is 65.4 cm³/mol. The Morgan fingerprint density at radius 1 is 1.59 bits per heavy atom. The molecule has 0 unspecified atom stereocenters. The summed E-state index contributed by atoms with van der Waals surface area (Å²) in [6.45, 7) is 6.42. The molecule has 2 rings (SSSR count). The van der Waals surface area contributed by atoms with Gasteiger partial charge in [-0.15, -0.1) is 0 Å². The number of rotatable bonds is 3. The van der Waals surface area contributed by atoms with Crippen LogP contribution in [-0.4, -0.2) is 30.9 Å². The number of furan rings is 1. The zero-order valence-corrected chi connectivity index (χ0v) is 10.7. The molecule has 0 radical (unpaired) electrons. The van der Waals surface area contributed by atoms with Gasteiger partial charge in [-0.05, 0) is 25.5 Å². The van der Waals surface area contributed by atoms with E-state index in [1.807, 2.05) is 20.0 Å². The number of hydrogen-bond acceptors (Lipinski definition) is 3. The Morgan fingerprint density at radius 3 is 2.88 bits per heavy atom. The summed E-state index contributed by atoms with van der Waals surface area (Å²) in [5, 5.41) is 3.26. The lowest BCUT2D eigenvalue weighted by Crippen LogP contribution is -2.35. The molecule has 0 saturated carbocycles. The van der Waals surface area contributed by atoms with Crippen molar-refractivity contribution in [2.24, 2.45) is 11.8 Å². The fraction of sp³-hybridized carbons (Fsp3) is 0.615. The molecule has 1 aliphatic heterocycles. The van der Waals surface area contributed by atoms with E-state index in [2.05, 4.69) is 12.2 Å². The summed E-state index contributed by atoms with van der Waals surface area (Å²) in [4.78, 5) is 14.0. The quantitative estimate of drug-likeness (QED) is 0.863. The molecule has 1 amide bonds. The molecule has 2 heterocycles. The third-order valence-electron chi connectivity index (χ3n) is 3.58. The van der Waals surface area contributed by atoms with Gasteiger partial charge in [0.05, 0.1) is 12.2 Å². The summed E-state index contributed by atoms with van der Waals surface area (Å²) in [6.07, 6.45) is 1.67. The lowest BCUT2D eigenvalue weighted by Gasteiger charge is -2.22. The van der Waals surface area contributed by atoms with Crippen LogP contribution in [0.5, 0.6) is 0 Å². The van der Waals surface area contributed by atoms with E-state index in [1.165, 1.54) is 0 Å². The van der Waals surface area contributed by atoms with Crippen LogP contribution in [0.4, 0.5) is 0 Å². The van der Waals surface area contributed by atoms with E-state index >= 15 is 0 Å². The second-order valence-electron chi connectivity index (χ2n) is 4.94. The van der Waals surface area contributed by atoms with Gasteiger partial charge in [0.25, 0.3) is 0 Å². The first-order valence-corrected chi connectivity index (χ1v) is 6.08. The fourth-order valence-corrected chi connectivity index (χ4v) is 2.33. The molecule has 0 aromatic carbocycles. The van der Waals surface area contributed by atoms with Crippen molar-refractivity contribution in [1.82, 2.24) is 10.2 Å². The Kier molecular flexibility index (Phi) is 3.52. The highest BCUT2D eigenvalue weighted by molar-refractivity contribution is 5.79. The molecule has 4 heteroatoms. The third kappa shape index (κ3) is 2.52. The summed E-state index contributed by atoms with van der Waals surface area (Å²) < 4.78 is 5.24. The van der Waals surface area contributed by atoms with Crippen LogP contribution in [0.2, 0.25) is 0 Å². The van der Waals surface area contributed by atoms with Crippen LogP contribution in [0.25, 0.3) is 0 Å². The van der Waals surface area contributed by atoms with Gasteiger partial charge in [-0.25, -0.2) is 0 Å². The lowest BCUT2D eigenvalue weighted by atomic mass is 9.96. The maximum Gasteiger partial charge on any atom is 0.227 e.